The molecule has 0 aliphatic rings. The summed E-state index contributed by atoms with van der Waals surface area (Å²) >= 11 is 1.72. The van der Waals surface area contributed by atoms with Gasteiger partial charge in [-0.3, -0.25) is 4.79 Å². The molecule has 25 heavy (non-hydrogen) atoms. The molecule has 0 aromatic carbocycles. The molecule has 132 valence electrons. The quantitative estimate of drug-likeness (QED) is 0.763. The first-order valence-electron chi connectivity index (χ1n) is 8.19. The fourth-order valence-electron chi connectivity index (χ4n) is 2.95. The van der Waals surface area contributed by atoms with E-state index in [2.05, 4.69) is 38.7 Å². The van der Waals surface area contributed by atoms with Crippen molar-refractivity contribution in [3.63, 3.8) is 0 Å². The van der Waals surface area contributed by atoms with E-state index in [4.69, 9.17) is 0 Å². The average molecular weight is 357 g/mol. The van der Waals surface area contributed by atoms with E-state index in [-0.39, 0.29) is 11.9 Å². The van der Waals surface area contributed by atoms with Gasteiger partial charge in [0.15, 0.2) is 5.65 Å². The molecule has 3 rings (SSSR count). The Morgan fingerprint density at radius 3 is 2.76 bits per heavy atom. The Balaban J connectivity index is 1.82. The topological polar surface area (TPSA) is 62.5 Å². The van der Waals surface area contributed by atoms with Crippen molar-refractivity contribution in [1.82, 2.24) is 24.8 Å². The van der Waals surface area contributed by atoms with Crippen LogP contribution in [0.3, 0.4) is 0 Å². The predicted molar refractivity (Wildman–Crippen MR) is 100 cm³/mol. The van der Waals surface area contributed by atoms with Crippen LogP contribution in [0.5, 0.6) is 0 Å². The Labute approximate surface area is 151 Å². The second-order valence-electron chi connectivity index (χ2n) is 6.49. The Hall–Kier alpha value is -2.25. The SMILES string of the molecule is Cc1cc(C)n2ncc(C(=O)NC[C@H](c3sccc3C)N(C)C)c2n1. The Morgan fingerprint density at radius 2 is 2.12 bits per heavy atom. The van der Waals surface area contributed by atoms with Crippen LogP contribution in [-0.2, 0) is 0 Å². The highest BCUT2D eigenvalue weighted by Crippen LogP contribution is 2.26. The lowest BCUT2D eigenvalue weighted by Gasteiger charge is -2.24. The molecule has 3 heterocycles. The van der Waals surface area contributed by atoms with E-state index in [0.717, 1.165) is 11.4 Å². The number of nitrogens with zero attached hydrogens (tertiary/aromatic N) is 4. The van der Waals surface area contributed by atoms with E-state index in [1.54, 1.807) is 22.0 Å². The fraction of sp³-hybridized carbons (Fsp3) is 0.389. The zero-order valence-electron chi connectivity index (χ0n) is 15.2. The minimum Gasteiger partial charge on any atom is -0.350 e. The third kappa shape index (κ3) is 3.43. The normalized spacial score (nSPS) is 12.7. The number of aromatic nitrogens is 3. The lowest BCUT2D eigenvalue weighted by molar-refractivity contribution is 0.0943. The summed E-state index contributed by atoms with van der Waals surface area (Å²) in [5, 5.41) is 9.42. The maximum atomic E-state index is 12.7. The van der Waals surface area contributed by atoms with Crippen LogP contribution >= 0.6 is 11.3 Å². The lowest BCUT2D eigenvalue weighted by Crippen LogP contribution is -2.34. The molecule has 0 bridgehead atoms. The molecule has 0 fully saturated rings. The third-order valence-electron chi connectivity index (χ3n) is 4.31. The van der Waals surface area contributed by atoms with E-state index in [1.807, 2.05) is 34.0 Å². The Bertz CT molecular complexity index is 911. The van der Waals surface area contributed by atoms with Crippen molar-refractivity contribution < 1.29 is 4.79 Å². The molecule has 0 aliphatic carbocycles. The smallest absolute Gasteiger partial charge is 0.256 e. The molecule has 0 saturated heterocycles. The summed E-state index contributed by atoms with van der Waals surface area (Å²) in [6.45, 7) is 6.52. The third-order valence-corrected chi connectivity index (χ3v) is 5.43. The van der Waals surface area contributed by atoms with Crippen LogP contribution in [0.25, 0.3) is 5.65 Å². The van der Waals surface area contributed by atoms with Crippen molar-refractivity contribution in [2.75, 3.05) is 20.6 Å². The summed E-state index contributed by atoms with van der Waals surface area (Å²) in [6.07, 6.45) is 1.59. The molecular formula is C18H23N5OS. The fourth-order valence-corrected chi connectivity index (χ4v) is 4.07. The molecule has 0 aliphatic heterocycles. The minimum atomic E-state index is -0.145. The van der Waals surface area contributed by atoms with Gasteiger partial charge in [0.2, 0.25) is 0 Å². The molecule has 3 aromatic heterocycles. The molecule has 7 heteroatoms. The highest BCUT2D eigenvalue weighted by atomic mass is 32.1. The molecular weight excluding hydrogens is 334 g/mol. The summed E-state index contributed by atoms with van der Waals surface area (Å²) in [5.41, 5.74) is 4.19. The van der Waals surface area contributed by atoms with Gasteiger partial charge in [0, 0.05) is 22.8 Å². The van der Waals surface area contributed by atoms with Crippen LogP contribution in [0.1, 0.15) is 38.2 Å². The molecule has 0 unspecified atom stereocenters. The summed E-state index contributed by atoms with van der Waals surface area (Å²) < 4.78 is 1.70. The largest absolute Gasteiger partial charge is 0.350 e. The second kappa shape index (κ2) is 6.93. The molecule has 0 saturated carbocycles. The predicted octanol–water partition coefficient (Wildman–Crippen LogP) is 2.75. The van der Waals surface area contributed by atoms with Crippen LogP contribution in [0.4, 0.5) is 0 Å². The van der Waals surface area contributed by atoms with Crippen molar-refractivity contribution in [2.45, 2.75) is 26.8 Å². The van der Waals surface area contributed by atoms with Crippen molar-refractivity contribution in [2.24, 2.45) is 0 Å². The maximum Gasteiger partial charge on any atom is 0.256 e. The standard InChI is InChI=1S/C18H23N5OS/c1-11-6-7-25-16(11)15(22(4)5)10-19-18(24)14-9-20-23-13(3)8-12(2)21-17(14)23/h6-9,15H,10H2,1-5H3,(H,19,24)/t15-/m1/s1. The summed E-state index contributed by atoms with van der Waals surface area (Å²) in [7, 11) is 4.05. The first kappa shape index (κ1) is 17.6. The number of nitrogens with one attached hydrogen (secondary N) is 1. The first-order valence-corrected chi connectivity index (χ1v) is 9.07. The molecule has 1 amide bonds. The van der Waals surface area contributed by atoms with Gasteiger partial charge in [0.05, 0.1) is 12.2 Å². The second-order valence-corrected chi connectivity index (χ2v) is 7.44. The number of amides is 1. The molecule has 6 nitrogen and oxygen atoms in total. The van der Waals surface area contributed by atoms with Crippen LogP contribution < -0.4 is 5.32 Å². The number of thiophene rings is 1. The first-order chi connectivity index (χ1) is 11.9. The number of hydrogen-bond donors (Lipinski definition) is 1. The Kier molecular flexibility index (Phi) is 4.87. The number of rotatable bonds is 5. The highest BCUT2D eigenvalue weighted by molar-refractivity contribution is 7.10. The molecule has 3 aromatic rings. The lowest BCUT2D eigenvalue weighted by atomic mass is 10.1. The van der Waals surface area contributed by atoms with E-state index >= 15 is 0 Å². The van der Waals surface area contributed by atoms with Gasteiger partial charge in [0.25, 0.3) is 5.91 Å². The van der Waals surface area contributed by atoms with Crippen LogP contribution in [-0.4, -0.2) is 46.0 Å². The summed E-state index contributed by atoms with van der Waals surface area (Å²) in [5.74, 6) is -0.145. The van der Waals surface area contributed by atoms with Crippen molar-refractivity contribution in [3.8, 4) is 0 Å². The van der Waals surface area contributed by atoms with E-state index in [9.17, 15) is 4.79 Å². The van der Waals surface area contributed by atoms with Gasteiger partial charge in [-0.05, 0) is 57.9 Å². The molecule has 1 atom stereocenters. The summed E-state index contributed by atoms with van der Waals surface area (Å²) in [4.78, 5) is 20.6. The number of carbonyl (C=O) groups is 1. The van der Waals surface area contributed by atoms with Crippen LogP contribution in [0.2, 0.25) is 0 Å². The van der Waals surface area contributed by atoms with E-state index in [1.165, 1.54) is 10.4 Å². The molecule has 0 radical (unpaired) electrons. The zero-order valence-corrected chi connectivity index (χ0v) is 16.0. The van der Waals surface area contributed by atoms with E-state index in [0.29, 0.717) is 17.8 Å². The number of carbonyl (C=O) groups excluding carboxylic acids is 1. The number of hydrogen-bond acceptors (Lipinski definition) is 5. The van der Waals surface area contributed by atoms with Gasteiger partial charge >= 0.3 is 0 Å². The van der Waals surface area contributed by atoms with Gasteiger partial charge < -0.3 is 10.2 Å². The van der Waals surface area contributed by atoms with Crippen LogP contribution in [0.15, 0.2) is 23.7 Å². The number of likely N-dealkylation sites (N-methyl/N-ethyl adjacent to an activating group) is 1. The van der Waals surface area contributed by atoms with Gasteiger partial charge in [-0.2, -0.15) is 5.10 Å². The number of fused-ring (bicyclic) bond motifs is 1. The van der Waals surface area contributed by atoms with Gasteiger partial charge in [0.1, 0.15) is 5.56 Å². The van der Waals surface area contributed by atoms with Crippen molar-refractivity contribution >= 4 is 22.9 Å². The maximum absolute atomic E-state index is 12.7. The molecule has 1 N–H and O–H groups in total. The number of aryl methyl sites for hydroxylation is 3. The van der Waals surface area contributed by atoms with E-state index < -0.39 is 0 Å². The van der Waals surface area contributed by atoms with Gasteiger partial charge in [-0.25, -0.2) is 9.50 Å². The summed E-state index contributed by atoms with van der Waals surface area (Å²) in [6, 6.07) is 4.20. The average Bonchev–Trinajstić information content (AvgIpc) is 3.14. The molecule has 0 spiro atoms. The Morgan fingerprint density at radius 1 is 1.36 bits per heavy atom. The van der Waals surface area contributed by atoms with Gasteiger partial charge in [-0.1, -0.05) is 0 Å². The highest BCUT2D eigenvalue weighted by Gasteiger charge is 2.21. The minimum absolute atomic E-state index is 0.141. The zero-order chi connectivity index (χ0) is 18.1. The van der Waals surface area contributed by atoms with Gasteiger partial charge in [-0.15, -0.1) is 11.3 Å². The monoisotopic (exact) mass is 357 g/mol. The van der Waals surface area contributed by atoms with Crippen molar-refractivity contribution in [1.29, 1.82) is 0 Å². The van der Waals surface area contributed by atoms with Crippen molar-refractivity contribution in [3.05, 3.63) is 51.1 Å². The van der Waals surface area contributed by atoms with Crippen LogP contribution in [0, 0.1) is 20.8 Å².